The third-order valence-corrected chi connectivity index (χ3v) is 4.01. The van der Waals surface area contributed by atoms with Crippen molar-refractivity contribution in [2.24, 2.45) is 5.73 Å². The zero-order valence-corrected chi connectivity index (χ0v) is 11.9. The van der Waals surface area contributed by atoms with Crippen molar-refractivity contribution in [2.75, 3.05) is 18.6 Å². The quantitative estimate of drug-likeness (QED) is 0.916. The summed E-state index contributed by atoms with van der Waals surface area (Å²) in [5, 5.41) is 0.756. The molecule has 0 aliphatic carbocycles. The van der Waals surface area contributed by atoms with Gasteiger partial charge in [-0.15, -0.1) is 0 Å². The number of rotatable bonds is 3. The van der Waals surface area contributed by atoms with Crippen LogP contribution in [0.4, 0.5) is 5.69 Å². The molecule has 18 heavy (non-hydrogen) atoms. The largest absolute Gasteiger partial charge is 0.376 e. The van der Waals surface area contributed by atoms with Crippen molar-refractivity contribution in [1.82, 2.24) is 0 Å². The minimum Gasteiger partial charge on any atom is -0.376 e. The number of ether oxygens (including phenoxy) is 1. The van der Waals surface area contributed by atoms with Crippen molar-refractivity contribution in [3.63, 3.8) is 0 Å². The van der Waals surface area contributed by atoms with Crippen molar-refractivity contribution in [1.29, 1.82) is 0 Å². The maximum absolute atomic E-state index is 6.36. The highest BCUT2D eigenvalue weighted by atomic mass is 35.5. The monoisotopic (exact) mass is 268 g/mol. The molecule has 0 radical (unpaired) electrons. The summed E-state index contributed by atoms with van der Waals surface area (Å²) in [5.74, 6) is 0. The second-order valence-corrected chi connectivity index (χ2v) is 5.45. The fraction of sp³-hybridized carbons (Fsp3) is 0.571. The van der Waals surface area contributed by atoms with Crippen LogP contribution in [-0.4, -0.2) is 25.8 Å². The van der Waals surface area contributed by atoms with Gasteiger partial charge in [-0.2, -0.15) is 0 Å². The van der Waals surface area contributed by atoms with Crippen LogP contribution < -0.4 is 10.6 Å². The molecule has 3 nitrogen and oxygen atoms in total. The average molecular weight is 269 g/mol. The van der Waals surface area contributed by atoms with E-state index >= 15 is 0 Å². The van der Waals surface area contributed by atoms with Crippen LogP contribution >= 0.6 is 11.6 Å². The number of nitrogens with two attached hydrogens (primary N) is 1. The average Bonchev–Trinajstić information content (AvgIpc) is 2.74. The number of hydrogen-bond acceptors (Lipinski definition) is 3. The molecular weight excluding hydrogens is 248 g/mol. The fourth-order valence-corrected chi connectivity index (χ4v) is 2.82. The van der Waals surface area contributed by atoms with E-state index in [9.17, 15) is 0 Å². The van der Waals surface area contributed by atoms with E-state index in [1.807, 2.05) is 25.1 Å². The summed E-state index contributed by atoms with van der Waals surface area (Å²) in [6, 6.07) is 6.45. The van der Waals surface area contributed by atoms with Gasteiger partial charge in [0.2, 0.25) is 0 Å². The smallest absolute Gasteiger partial charge is 0.0750 e. The van der Waals surface area contributed by atoms with Crippen LogP contribution in [-0.2, 0) is 4.74 Å². The zero-order valence-electron chi connectivity index (χ0n) is 11.2. The van der Waals surface area contributed by atoms with Gasteiger partial charge in [-0.1, -0.05) is 17.7 Å². The van der Waals surface area contributed by atoms with E-state index < -0.39 is 0 Å². The predicted molar refractivity (Wildman–Crippen MR) is 76.3 cm³/mol. The molecule has 1 saturated heterocycles. The Morgan fingerprint density at radius 2 is 2.22 bits per heavy atom. The molecule has 1 fully saturated rings. The second-order valence-electron chi connectivity index (χ2n) is 5.04. The first-order valence-electron chi connectivity index (χ1n) is 6.40. The summed E-state index contributed by atoms with van der Waals surface area (Å²) in [6.45, 7) is 4.89. The van der Waals surface area contributed by atoms with Crippen LogP contribution in [0.15, 0.2) is 18.2 Å². The van der Waals surface area contributed by atoms with Gasteiger partial charge in [0.05, 0.1) is 22.9 Å². The zero-order chi connectivity index (χ0) is 13.3. The summed E-state index contributed by atoms with van der Waals surface area (Å²) in [5.41, 5.74) is 7.97. The van der Waals surface area contributed by atoms with Crippen molar-refractivity contribution in [3.05, 3.63) is 28.8 Å². The molecule has 1 heterocycles. The number of anilines is 1. The Hall–Kier alpha value is -0.770. The van der Waals surface area contributed by atoms with Crippen LogP contribution in [0.5, 0.6) is 0 Å². The maximum atomic E-state index is 6.36. The lowest BCUT2D eigenvalue weighted by Gasteiger charge is -2.29. The van der Waals surface area contributed by atoms with E-state index in [0.717, 1.165) is 29.3 Å². The molecule has 0 bridgehead atoms. The molecule has 4 heteroatoms. The summed E-state index contributed by atoms with van der Waals surface area (Å²) in [6.07, 6.45) is 1.29. The standard InChI is InChI=1S/C14H21ClN2O/c1-9(16)11-4-5-14(12(15)8-11)17(3)13-6-7-18-10(13)2/h4-5,8-10,13H,6-7,16H2,1-3H3/t9-,10?,13?/m1/s1. The highest BCUT2D eigenvalue weighted by Gasteiger charge is 2.28. The molecule has 1 aliphatic rings. The Bertz CT molecular complexity index is 422. The Kier molecular flexibility index (Phi) is 4.15. The van der Waals surface area contributed by atoms with E-state index in [0.29, 0.717) is 6.04 Å². The Balaban J connectivity index is 2.22. The molecule has 0 spiro atoms. The maximum Gasteiger partial charge on any atom is 0.0750 e. The van der Waals surface area contributed by atoms with Gasteiger partial charge >= 0.3 is 0 Å². The molecular formula is C14H21ClN2O. The minimum atomic E-state index is 0.00981. The summed E-state index contributed by atoms with van der Waals surface area (Å²) in [7, 11) is 2.07. The van der Waals surface area contributed by atoms with E-state index in [1.165, 1.54) is 0 Å². The Morgan fingerprint density at radius 1 is 1.50 bits per heavy atom. The fourth-order valence-electron chi connectivity index (χ4n) is 2.50. The predicted octanol–water partition coefficient (Wildman–Crippen LogP) is 2.97. The van der Waals surface area contributed by atoms with Crippen LogP contribution in [0.3, 0.4) is 0 Å². The van der Waals surface area contributed by atoms with E-state index in [4.69, 9.17) is 22.1 Å². The molecule has 1 aromatic rings. The van der Waals surface area contributed by atoms with Gasteiger partial charge in [-0.25, -0.2) is 0 Å². The van der Waals surface area contributed by atoms with E-state index in [2.05, 4.69) is 18.9 Å². The summed E-state index contributed by atoms with van der Waals surface area (Å²) >= 11 is 6.36. The van der Waals surface area contributed by atoms with Gasteiger partial charge in [0.1, 0.15) is 0 Å². The third kappa shape index (κ3) is 2.63. The van der Waals surface area contributed by atoms with Crippen LogP contribution in [0, 0.1) is 0 Å². The molecule has 3 atom stereocenters. The van der Waals surface area contributed by atoms with Gasteiger partial charge in [0.15, 0.2) is 0 Å². The molecule has 2 rings (SSSR count). The summed E-state index contributed by atoms with van der Waals surface area (Å²) in [4.78, 5) is 2.21. The van der Waals surface area contributed by atoms with Crippen LogP contribution in [0.1, 0.15) is 31.9 Å². The number of halogens is 1. The van der Waals surface area contributed by atoms with Gasteiger partial charge in [0, 0.05) is 19.7 Å². The lowest BCUT2D eigenvalue weighted by Crippen LogP contribution is -2.36. The van der Waals surface area contributed by atoms with Crippen molar-refractivity contribution in [2.45, 2.75) is 38.5 Å². The lowest BCUT2D eigenvalue weighted by atomic mass is 10.1. The SMILES string of the molecule is CC1OCCC1N(C)c1ccc([C@@H](C)N)cc1Cl. The highest BCUT2D eigenvalue weighted by Crippen LogP contribution is 2.31. The van der Waals surface area contributed by atoms with Gasteiger partial charge in [-0.3, -0.25) is 0 Å². The first kappa shape index (κ1) is 13.7. The molecule has 0 aromatic heterocycles. The summed E-state index contributed by atoms with van der Waals surface area (Å²) < 4.78 is 5.61. The topological polar surface area (TPSA) is 38.5 Å². The number of likely N-dealkylation sites (N-methyl/N-ethyl adjacent to an activating group) is 1. The minimum absolute atomic E-state index is 0.00981. The van der Waals surface area contributed by atoms with E-state index in [1.54, 1.807) is 0 Å². The van der Waals surface area contributed by atoms with Crippen molar-refractivity contribution >= 4 is 17.3 Å². The second kappa shape index (κ2) is 5.47. The van der Waals surface area contributed by atoms with Gasteiger partial charge < -0.3 is 15.4 Å². The molecule has 0 amide bonds. The molecule has 1 aliphatic heterocycles. The molecule has 2 N–H and O–H groups in total. The van der Waals surface area contributed by atoms with E-state index in [-0.39, 0.29) is 12.1 Å². The van der Waals surface area contributed by atoms with Gasteiger partial charge in [-0.05, 0) is 38.0 Å². The first-order valence-corrected chi connectivity index (χ1v) is 6.78. The highest BCUT2D eigenvalue weighted by molar-refractivity contribution is 6.33. The van der Waals surface area contributed by atoms with Crippen LogP contribution in [0.25, 0.3) is 0 Å². The molecule has 2 unspecified atom stereocenters. The van der Waals surface area contributed by atoms with Crippen molar-refractivity contribution in [3.8, 4) is 0 Å². The first-order chi connectivity index (χ1) is 8.50. The molecule has 100 valence electrons. The molecule has 0 saturated carbocycles. The number of benzene rings is 1. The number of nitrogens with zero attached hydrogens (tertiary/aromatic N) is 1. The normalized spacial score (nSPS) is 25.2. The van der Waals surface area contributed by atoms with Gasteiger partial charge in [0.25, 0.3) is 0 Å². The van der Waals surface area contributed by atoms with Crippen LogP contribution in [0.2, 0.25) is 5.02 Å². The lowest BCUT2D eigenvalue weighted by molar-refractivity contribution is 0.118. The Morgan fingerprint density at radius 3 is 2.72 bits per heavy atom. The number of hydrogen-bond donors (Lipinski definition) is 1. The third-order valence-electron chi connectivity index (χ3n) is 3.71. The molecule has 1 aromatic carbocycles. The Labute approximate surface area is 114 Å². The van der Waals surface area contributed by atoms with Crippen molar-refractivity contribution < 1.29 is 4.74 Å².